The summed E-state index contributed by atoms with van der Waals surface area (Å²) < 4.78 is 24.3. The van der Waals surface area contributed by atoms with Gasteiger partial charge in [0.2, 0.25) is 0 Å². The second-order valence-electron chi connectivity index (χ2n) is 7.21. The van der Waals surface area contributed by atoms with Crippen LogP contribution in [0.15, 0.2) is 60.7 Å². The van der Waals surface area contributed by atoms with Crippen molar-refractivity contribution in [3.8, 4) is 11.5 Å². The molecule has 5 nitrogen and oxygen atoms in total. The lowest BCUT2D eigenvalue weighted by molar-refractivity contribution is -0.118. The van der Waals surface area contributed by atoms with Crippen LogP contribution in [0.5, 0.6) is 11.5 Å². The zero-order valence-electron chi connectivity index (χ0n) is 18.0. The molecule has 0 spiro atoms. The topological polar surface area (TPSA) is 59.6 Å². The summed E-state index contributed by atoms with van der Waals surface area (Å²) in [4.78, 5) is 12.1. The predicted molar refractivity (Wildman–Crippen MR) is 121 cm³/mol. The molecule has 0 atom stereocenters. The molecule has 0 saturated carbocycles. The number of hydrogen-bond acceptors (Lipinski definition) is 4. The van der Waals surface area contributed by atoms with Gasteiger partial charge in [0.25, 0.3) is 5.91 Å². The van der Waals surface area contributed by atoms with Gasteiger partial charge in [-0.1, -0.05) is 12.1 Å². The summed E-state index contributed by atoms with van der Waals surface area (Å²) in [6.07, 6.45) is 0. The fraction of sp³-hybridized carbons (Fsp3) is 0.240. The maximum atomic E-state index is 13.0. The van der Waals surface area contributed by atoms with Gasteiger partial charge >= 0.3 is 0 Å². The Morgan fingerprint density at radius 2 is 1.61 bits per heavy atom. The summed E-state index contributed by atoms with van der Waals surface area (Å²) in [6, 6.07) is 17.5. The number of nitrogens with one attached hydrogen (secondary N) is 2. The molecule has 3 rings (SSSR count). The number of carbonyl (C=O) groups excluding carboxylic acids is 1. The zero-order chi connectivity index (χ0) is 22.2. The first-order valence-corrected chi connectivity index (χ1v) is 10.2. The van der Waals surface area contributed by atoms with Crippen LogP contribution in [0, 0.1) is 19.7 Å². The summed E-state index contributed by atoms with van der Waals surface area (Å²) in [5, 5.41) is 6.08. The van der Waals surface area contributed by atoms with E-state index in [1.807, 2.05) is 19.1 Å². The molecule has 0 aliphatic carbocycles. The van der Waals surface area contributed by atoms with Crippen molar-refractivity contribution in [2.24, 2.45) is 0 Å². The van der Waals surface area contributed by atoms with E-state index in [1.54, 1.807) is 6.07 Å². The molecule has 0 fully saturated rings. The first kappa shape index (κ1) is 22.2. The van der Waals surface area contributed by atoms with E-state index in [-0.39, 0.29) is 18.3 Å². The molecule has 31 heavy (non-hydrogen) atoms. The van der Waals surface area contributed by atoms with Crippen molar-refractivity contribution in [1.82, 2.24) is 0 Å². The molecule has 0 radical (unpaired) electrons. The minimum absolute atomic E-state index is 0.183. The first-order valence-electron chi connectivity index (χ1n) is 10.2. The number of aryl methyl sites for hydroxylation is 2. The normalized spacial score (nSPS) is 10.5. The van der Waals surface area contributed by atoms with Crippen LogP contribution in [0.4, 0.5) is 15.8 Å². The Balaban J connectivity index is 1.60. The second-order valence-corrected chi connectivity index (χ2v) is 7.21. The van der Waals surface area contributed by atoms with E-state index in [9.17, 15) is 9.18 Å². The molecule has 0 bridgehead atoms. The number of ether oxygens (including phenoxy) is 2. The lowest BCUT2D eigenvalue weighted by Gasteiger charge is -2.14. The van der Waals surface area contributed by atoms with E-state index in [2.05, 4.69) is 42.7 Å². The highest BCUT2D eigenvalue weighted by atomic mass is 19.1. The Hall–Kier alpha value is -3.54. The summed E-state index contributed by atoms with van der Waals surface area (Å²) in [7, 11) is 0. The van der Waals surface area contributed by atoms with Gasteiger partial charge in [0.1, 0.15) is 5.82 Å². The first-order chi connectivity index (χ1) is 14.9. The van der Waals surface area contributed by atoms with Gasteiger partial charge in [-0.25, -0.2) is 4.39 Å². The molecule has 3 aromatic carbocycles. The highest BCUT2D eigenvalue weighted by Gasteiger charge is 2.10. The summed E-state index contributed by atoms with van der Waals surface area (Å²) >= 11 is 0. The Morgan fingerprint density at radius 1 is 0.871 bits per heavy atom. The van der Waals surface area contributed by atoms with Crippen LogP contribution in [0.2, 0.25) is 0 Å². The van der Waals surface area contributed by atoms with Crippen molar-refractivity contribution in [2.75, 3.05) is 23.8 Å². The highest BCUT2D eigenvalue weighted by molar-refractivity contribution is 5.91. The Kier molecular flexibility index (Phi) is 7.49. The molecule has 6 heteroatoms. The molecule has 0 unspecified atom stereocenters. The number of amides is 1. The maximum Gasteiger partial charge on any atom is 0.262 e. The second kappa shape index (κ2) is 10.5. The Labute approximate surface area is 182 Å². The van der Waals surface area contributed by atoms with Gasteiger partial charge in [0.15, 0.2) is 18.1 Å². The van der Waals surface area contributed by atoms with Gasteiger partial charge in [0.05, 0.1) is 6.61 Å². The lowest BCUT2D eigenvalue weighted by Crippen LogP contribution is -2.20. The van der Waals surface area contributed by atoms with Crippen molar-refractivity contribution in [2.45, 2.75) is 27.3 Å². The molecule has 0 aliphatic heterocycles. The largest absolute Gasteiger partial charge is 0.490 e. The molecule has 1 amide bonds. The number of anilines is 2. The van der Waals surface area contributed by atoms with Crippen LogP contribution < -0.4 is 20.1 Å². The molecule has 3 aromatic rings. The van der Waals surface area contributed by atoms with Crippen molar-refractivity contribution < 1.29 is 18.7 Å². The lowest BCUT2D eigenvalue weighted by atomic mass is 10.1. The number of halogens is 1. The minimum atomic E-state index is -0.359. The molecule has 0 aromatic heterocycles. The minimum Gasteiger partial charge on any atom is -0.490 e. The van der Waals surface area contributed by atoms with E-state index in [4.69, 9.17) is 9.47 Å². The number of benzene rings is 3. The highest BCUT2D eigenvalue weighted by Crippen LogP contribution is 2.29. The van der Waals surface area contributed by atoms with E-state index >= 15 is 0 Å². The molecular weight excluding hydrogens is 395 g/mol. The maximum absolute atomic E-state index is 13.0. The fourth-order valence-corrected chi connectivity index (χ4v) is 2.98. The van der Waals surface area contributed by atoms with E-state index in [1.165, 1.54) is 35.4 Å². The molecule has 162 valence electrons. The standard InChI is InChI=1S/C25H27FN2O3/c1-4-30-24-14-19(15-27-22-9-5-17(2)18(3)13-22)6-12-23(24)31-16-25(29)28-21-10-7-20(26)8-11-21/h5-14,27H,4,15-16H2,1-3H3,(H,28,29). The van der Waals surface area contributed by atoms with E-state index < -0.39 is 0 Å². The SMILES string of the molecule is CCOc1cc(CNc2ccc(C)c(C)c2)ccc1OCC(=O)Nc1ccc(F)cc1. The third-order valence-corrected chi connectivity index (χ3v) is 4.80. The van der Waals surface area contributed by atoms with Crippen LogP contribution in [-0.2, 0) is 11.3 Å². The van der Waals surface area contributed by atoms with Crippen LogP contribution in [-0.4, -0.2) is 19.1 Å². The average molecular weight is 423 g/mol. The van der Waals surface area contributed by atoms with Gasteiger partial charge in [0, 0.05) is 17.9 Å². The van der Waals surface area contributed by atoms with Gasteiger partial charge in [-0.15, -0.1) is 0 Å². The smallest absolute Gasteiger partial charge is 0.262 e. The van der Waals surface area contributed by atoms with E-state index in [0.29, 0.717) is 30.3 Å². The zero-order valence-corrected chi connectivity index (χ0v) is 18.0. The Morgan fingerprint density at radius 3 is 2.32 bits per heavy atom. The van der Waals surface area contributed by atoms with Gasteiger partial charge in [-0.05, 0) is 86.0 Å². The summed E-state index contributed by atoms with van der Waals surface area (Å²) in [5.41, 5.74) is 5.09. The van der Waals surface area contributed by atoms with Crippen LogP contribution in [0.25, 0.3) is 0 Å². The Bertz CT molecular complexity index is 1040. The van der Waals surface area contributed by atoms with Gasteiger partial charge in [-0.3, -0.25) is 4.79 Å². The summed E-state index contributed by atoms with van der Waals surface area (Å²) in [6.45, 7) is 7.00. The summed E-state index contributed by atoms with van der Waals surface area (Å²) in [5.74, 6) is 0.375. The van der Waals surface area contributed by atoms with Gasteiger partial charge in [-0.2, -0.15) is 0 Å². The van der Waals surface area contributed by atoms with Crippen molar-refractivity contribution in [3.63, 3.8) is 0 Å². The number of rotatable bonds is 9. The fourth-order valence-electron chi connectivity index (χ4n) is 2.98. The van der Waals surface area contributed by atoms with E-state index in [0.717, 1.165) is 11.3 Å². The third kappa shape index (κ3) is 6.47. The molecule has 2 N–H and O–H groups in total. The third-order valence-electron chi connectivity index (χ3n) is 4.80. The van der Waals surface area contributed by atoms with Gasteiger partial charge < -0.3 is 20.1 Å². The van der Waals surface area contributed by atoms with Crippen molar-refractivity contribution >= 4 is 17.3 Å². The van der Waals surface area contributed by atoms with Crippen LogP contribution in [0.3, 0.4) is 0 Å². The average Bonchev–Trinajstić information content (AvgIpc) is 2.76. The quantitative estimate of drug-likeness (QED) is 0.480. The predicted octanol–water partition coefficient (Wildman–Crippen LogP) is 5.47. The van der Waals surface area contributed by atoms with Crippen LogP contribution in [0.1, 0.15) is 23.6 Å². The van der Waals surface area contributed by atoms with Crippen molar-refractivity contribution in [1.29, 1.82) is 0 Å². The molecule has 0 aliphatic rings. The monoisotopic (exact) mass is 422 g/mol. The van der Waals surface area contributed by atoms with Crippen molar-refractivity contribution in [3.05, 3.63) is 83.2 Å². The number of carbonyl (C=O) groups is 1. The molecule has 0 saturated heterocycles. The van der Waals surface area contributed by atoms with Crippen LogP contribution >= 0.6 is 0 Å². The molecular formula is C25H27FN2O3. The number of hydrogen-bond donors (Lipinski definition) is 2. The molecule has 0 heterocycles.